The van der Waals surface area contributed by atoms with Crippen molar-refractivity contribution in [3.63, 3.8) is 0 Å². The Hall–Kier alpha value is -2.12. The van der Waals surface area contributed by atoms with E-state index in [4.69, 9.17) is 0 Å². The third kappa shape index (κ3) is 2.84. The number of nitrogens with one attached hydrogen (secondary N) is 1. The molecule has 1 aromatic carbocycles. The van der Waals surface area contributed by atoms with Crippen LogP contribution in [0.3, 0.4) is 0 Å². The largest absolute Gasteiger partial charge is 0.333 e. The molecule has 4 nitrogen and oxygen atoms in total. The van der Waals surface area contributed by atoms with Crippen molar-refractivity contribution in [2.45, 2.75) is 18.4 Å². The Morgan fingerprint density at radius 2 is 2.05 bits per heavy atom. The van der Waals surface area contributed by atoms with Crippen molar-refractivity contribution < 1.29 is 4.79 Å². The van der Waals surface area contributed by atoms with Crippen LogP contribution in [0.15, 0.2) is 36.4 Å². The van der Waals surface area contributed by atoms with Crippen LogP contribution in [0.4, 0.5) is 0 Å². The predicted octanol–water partition coefficient (Wildman–Crippen LogP) is 1.80. The maximum atomic E-state index is 12.2. The quantitative estimate of drug-likeness (QED) is 0.860. The number of hydrogen-bond acceptors (Lipinski definition) is 3. The van der Waals surface area contributed by atoms with Crippen LogP contribution in [0.25, 0.3) is 6.08 Å². The van der Waals surface area contributed by atoms with Crippen LogP contribution in [0, 0.1) is 17.2 Å². The van der Waals surface area contributed by atoms with Gasteiger partial charge in [0.05, 0.1) is 6.07 Å². The Morgan fingerprint density at radius 3 is 2.62 bits per heavy atom. The molecule has 4 rings (SSSR count). The Labute approximate surface area is 125 Å². The molecule has 1 unspecified atom stereocenters. The van der Waals surface area contributed by atoms with Gasteiger partial charge >= 0.3 is 0 Å². The second-order valence-corrected chi connectivity index (χ2v) is 5.87. The molecule has 21 heavy (non-hydrogen) atoms. The van der Waals surface area contributed by atoms with Gasteiger partial charge in [0, 0.05) is 12.6 Å². The lowest BCUT2D eigenvalue weighted by molar-refractivity contribution is -0.119. The minimum absolute atomic E-state index is 0.186. The molecule has 0 aromatic heterocycles. The molecule has 3 fully saturated rings. The number of benzene rings is 1. The molecule has 2 bridgehead atoms. The number of nitrogens with zero attached hydrogens (tertiary/aromatic N) is 2. The van der Waals surface area contributed by atoms with E-state index in [0.29, 0.717) is 6.54 Å². The molecule has 108 valence electrons. The molecule has 3 aliphatic heterocycles. The maximum absolute atomic E-state index is 12.2. The SMILES string of the molecule is N#CC1(NC(=O)/C=C/c2ccccc2)CN2CCC1CC2. The van der Waals surface area contributed by atoms with Crippen LogP contribution in [-0.4, -0.2) is 36.0 Å². The fraction of sp³-hybridized carbons (Fsp3) is 0.412. The van der Waals surface area contributed by atoms with Gasteiger partial charge in [0.15, 0.2) is 0 Å². The van der Waals surface area contributed by atoms with Gasteiger partial charge in [0.1, 0.15) is 5.54 Å². The zero-order valence-electron chi connectivity index (χ0n) is 12.0. The summed E-state index contributed by atoms with van der Waals surface area (Å²) in [5.74, 6) is 0.0933. The van der Waals surface area contributed by atoms with E-state index in [2.05, 4.69) is 16.3 Å². The number of carbonyl (C=O) groups is 1. The summed E-state index contributed by atoms with van der Waals surface area (Å²) in [7, 11) is 0. The van der Waals surface area contributed by atoms with Crippen LogP contribution in [0.5, 0.6) is 0 Å². The van der Waals surface area contributed by atoms with Crippen LogP contribution in [0.2, 0.25) is 0 Å². The minimum Gasteiger partial charge on any atom is -0.333 e. The molecular formula is C17H19N3O. The zero-order chi connectivity index (χ0) is 14.7. The Morgan fingerprint density at radius 1 is 1.33 bits per heavy atom. The average molecular weight is 281 g/mol. The molecule has 1 N–H and O–H groups in total. The third-order valence-electron chi connectivity index (χ3n) is 4.53. The van der Waals surface area contributed by atoms with Gasteiger partial charge in [-0.15, -0.1) is 0 Å². The molecular weight excluding hydrogens is 262 g/mol. The molecule has 4 heteroatoms. The van der Waals surface area contributed by atoms with E-state index in [0.717, 1.165) is 31.5 Å². The normalized spacial score (nSPS) is 31.0. The molecule has 3 heterocycles. The highest BCUT2D eigenvalue weighted by atomic mass is 16.1. The van der Waals surface area contributed by atoms with Gasteiger partial charge in [0.25, 0.3) is 0 Å². The predicted molar refractivity (Wildman–Crippen MR) is 81.1 cm³/mol. The second kappa shape index (κ2) is 5.71. The topological polar surface area (TPSA) is 56.1 Å². The molecule has 3 saturated heterocycles. The van der Waals surface area contributed by atoms with Crippen molar-refractivity contribution in [1.29, 1.82) is 5.26 Å². The standard InChI is InChI=1S/C17H19N3O/c18-12-17(13-20-10-8-15(17)9-11-20)19-16(21)7-6-14-4-2-1-3-5-14/h1-7,15H,8-11,13H2,(H,19,21)/b7-6+. The zero-order valence-corrected chi connectivity index (χ0v) is 12.0. The monoisotopic (exact) mass is 281 g/mol. The van der Waals surface area contributed by atoms with E-state index < -0.39 is 5.54 Å². The van der Waals surface area contributed by atoms with Crippen LogP contribution in [-0.2, 0) is 4.79 Å². The Bertz CT molecular complexity index is 582. The summed E-state index contributed by atoms with van der Waals surface area (Å²) in [6.45, 7) is 2.74. The van der Waals surface area contributed by atoms with Crippen molar-refractivity contribution in [2.75, 3.05) is 19.6 Å². The Kier molecular flexibility index (Phi) is 3.76. The maximum Gasteiger partial charge on any atom is 0.245 e. The Balaban J connectivity index is 1.69. The fourth-order valence-corrected chi connectivity index (χ4v) is 3.36. The lowest BCUT2D eigenvalue weighted by Gasteiger charge is -2.49. The number of piperidine rings is 3. The molecule has 1 amide bonds. The van der Waals surface area contributed by atoms with E-state index in [1.54, 1.807) is 6.08 Å². The van der Waals surface area contributed by atoms with E-state index in [1.807, 2.05) is 30.3 Å². The van der Waals surface area contributed by atoms with Gasteiger partial charge in [-0.3, -0.25) is 9.69 Å². The highest BCUT2D eigenvalue weighted by Gasteiger charge is 2.47. The van der Waals surface area contributed by atoms with E-state index in [-0.39, 0.29) is 11.8 Å². The first-order chi connectivity index (χ1) is 10.2. The van der Waals surface area contributed by atoms with E-state index in [9.17, 15) is 10.1 Å². The summed E-state index contributed by atoms with van der Waals surface area (Å²) >= 11 is 0. The van der Waals surface area contributed by atoms with Crippen molar-refractivity contribution in [3.05, 3.63) is 42.0 Å². The minimum atomic E-state index is -0.714. The number of rotatable bonds is 3. The molecule has 3 aliphatic rings. The second-order valence-electron chi connectivity index (χ2n) is 5.87. The van der Waals surface area contributed by atoms with Crippen molar-refractivity contribution >= 4 is 12.0 Å². The summed E-state index contributed by atoms with van der Waals surface area (Å²) in [5, 5.41) is 12.5. The molecule has 0 spiro atoms. The summed E-state index contributed by atoms with van der Waals surface area (Å²) in [6, 6.07) is 12.1. The number of nitriles is 1. The number of amides is 1. The van der Waals surface area contributed by atoms with Gasteiger partial charge < -0.3 is 5.32 Å². The number of fused-ring (bicyclic) bond motifs is 3. The van der Waals surface area contributed by atoms with E-state index >= 15 is 0 Å². The van der Waals surface area contributed by atoms with Crippen LogP contribution in [0.1, 0.15) is 18.4 Å². The lowest BCUT2D eigenvalue weighted by atomic mass is 9.73. The first-order valence-electron chi connectivity index (χ1n) is 7.41. The van der Waals surface area contributed by atoms with Gasteiger partial charge in [-0.1, -0.05) is 30.3 Å². The summed E-state index contributed by atoms with van der Waals surface area (Å²) in [6.07, 6.45) is 5.29. The summed E-state index contributed by atoms with van der Waals surface area (Å²) < 4.78 is 0. The molecule has 0 saturated carbocycles. The van der Waals surface area contributed by atoms with Crippen molar-refractivity contribution in [2.24, 2.45) is 5.92 Å². The van der Waals surface area contributed by atoms with Gasteiger partial charge in [-0.25, -0.2) is 0 Å². The fourth-order valence-electron chi connectivity index (χ4n) is 3.36. The van der Waals surface area contributed by atoms with E-state index in [1.165, 1.54) is 6.08 Å². The van der Waals surface area contributed by atoms with Crippen LogP contribution < -0.4 is 5.32 Å². The van der Waals surface area contributed by atoms with Crippen molar-refractivity contribution in [1.82, 2.24) is 10.2 Å². The smallest absolute Gasteiger partial charge is 0.245 e. The van der Waals surface area contributed by atoms with Gasteiger partial charge in [-0.2, -0.15) is 5.26 Å². The average Bonchev–Trinajstić information content (AvgIpc) is 2.55. The molecule has 1 atom stereocenters. The summed E-state index contributed by atoms with van der Waals surface area (Å²) in [4.78, 5) is 14.4. The lowest BCUT2D eigenvalue weighted by Crippen LogP contribution is -2.66. The molecule has 0 aliphatic carbocycles. The highest BCUT2D eigenvalue weighted by molar-refractivity contribution is 5.92. The molecule has 1 aromatic rings. The van der Waals surface area contributed by atoms with Gasteiger partial charge in [-0.05, 0) is 43.5 Å². The number of carbonyl (C=O) groups excluding carboxylic acids is 1. The summed E-state index contributed by atoms with van der Waals surface area (Å²) in [5.41, 5.74) is 0.266. The third-order valence-corrected chi connectivity index (χ3v) is 4.53. The first kappa shape index (κ1) is 13.8. The molecule has 0 radical (unpaired) electrons. The van der Waals surface area contributed by atoms with Crippen LogP contribution >= 0.6 is 0 Å². The highest BCUT2D eigenvalue weighted by Crippen LogP contribution is 2.35. The van der Waals surface area contributed by atoms with Gasteiger partial charge in [0.2, 0.25) is 5.91 Å². The first-order valence-corrected chi connectivity index (χ1v) is 7.41. The number of hydrogen-bond donors (Lipinski definition) is 1. The van der Waals surface area contributed by atoms with Crippen molar-refractivity contribution in [3.8, 4) is 6.07 Å².